The molecule has 96 heavy (non-hydrogen) atoms. The molecule has 0 aliphatic rings. The van der Waals surface area contributed by atoms with Crippen LogP contribution in [-0.2, 0) is 99.6 Å². The van der Waals surface area contributed by atoms with Crippen molar-refractivity contribution >= 4 is 23.1 Å². The number of aliphatic hydroxyl groups is 4. The van der Waals surface area contributed by atoms with E-state index in [-0.39, 0.29) is 133 Å². The summed E-state index contributed by atoms with van der Waals surface area (Å²) in [5.74, 6) is 3.77. The van der Waals surface area contributed by atoms with Crippen molar-refractivity contribution in [1.29, 1.82) is 0 Å². The average molecular weight is 2010 g/mol. The number of rotatable bonds is 15. The van der Waals surface area contributed by atoms with E-state index in [9.17, 15) is 19.2 Å². The van der Waals surface area contributed by atoms with Crippen LogP contribution in [-0.4, -0.2) is 83.3 Å². The van der Waals surface area contributed by atoms with E-state index in [0.29, 0.717) is 6.61 Å². The van der Waals surface area contributed by atoms with Crippen LogP contribution >= 0.6 is 0 Å². The van der Waals surface area contributed by atoms with Gasteiger partial charge in [0.1, 0.15) is 5.75 Å². The maximum absolute atomic E-state index is 10.0. The van der Waals surface area contributed by atoms with Crippen LogP contribution in [0.3, 0.4) is 0 Å². The summed E-state index contributed by atoms with van der Waals surface area (Å²) in [7, 11) is 1.65. The van der Waals surface area contributed by atoms with Crippen LogP contribution in [0.5, 0.6) is 28.7 Å². The first kappa shape index (κ1) is 91.5. The number of ether oxygens (including phenoxy) is 4. The minimum absolute atomic E-state index is 0. The summed E-state index contributed by atoms with van der Waals surface area (Å²) >= 11 is 0. The zero-order valence-electron chi connectivity index (χ0n) is 55.3. The van der Waals surface area contributed by atoms with Gasteiger partial charge in [-0.2, -0.15) is 0 Å². The Labute approximate surface area is 619 Å². The number of aliphatic hydroxyl groups excluding tert-OH is 4. The van der Waals surface area contributed by atoms with Crippen LogP contribution in [0.25, 0.3) is 45.0 Å². The fourth-order valence-electron chi connectivity index (χ4n) is 7.20. The Morgan fingerprint density at radius 3 is 0.948 bits per heavy atom. The molecule has 9 rings (SSSR count). The maximum atomic E-state index is 10.0. The fourth-order valence-corrected chi connectivity index (χ4v) is 7.20. The molecule has 0 atom stereocenters. The molecule has 4 N–H and O–H groups in total. The number of methoxy groups -OCH3 is 1. The molecule has 5 aromatic carbocycles. The molecule has 0 unspecified atom stereocenters. The number of ketones is 4. The smallest absolute Gasteiger partial charge is 0.155 e. The molecular formula is C76H80Ir4N4O12-4. The number of nitrogens with zero attached hydrogens (tertiary/aromatic N) is 4. The van der Waals surface area contributed by atoms with Crippen molar-refractivity contribution < 1.29 is 139 Å². The third kappa shape index (κ3) is 41.9. The minimum Gasteiger partial charge on any atom is -0.540 e. The molecule has 0 saturated carbocycles. The molecule has 0 fully saturated rings. The van der Waals surface area contributed by atoms with Gasteiger partial charge in [-0.25, -0.2) is 0 Å². The van der Waals surface area contributed by atoms with E-state index in [1.165, 1.54) is 79.7 Å². The first-order valence-electron chi connectivity index (χ1n) is 28.8. The number of carbonyl (C=O) groups is 4. The second-order valence-electron chi connectivity index (χ2n) is 19.3. The second kappa shape index (κ2) is 54.6. The normalized spacial score (nSPS) is 10.1. The van der Waals surface area contributed by atoms with Crippen molar-refractivity contribution in [2.24, 2.45) is 0 Å². The topological polar surface area (TPSA) is 238 Å². The molecule has 0 aliphatic heterocycles. The first-order valence-corrected chi connectivity index (χ1v) is 28.8. The Hall–Kier alpha value is -8.66. The van der Waals surface area contributed by atoms with Crippen LogP contribution < -0.4 is 18.9 Å². The van der Waals surface area contributed by atoms with Crippen LogP contribution in [0, 0.1) is 24.3 Å². The summed E-state index contributed by atoms with van der Waals surface area (Å²) < 4.78 is 22.4. The average Bonchev–Trinajstić information content (AvgIpc) is 0.909. The van der Waals surface area contributed by atoms with Gasteiger partial charge in [0.15, 0.2) is 23.1 Å². The van der Waals surface area contributed by atoms with E-state index >= 15 is 0 Å². The van der Waals surface area contributed by atoms with E-state index in [2.05, 4.69) is 44.2 Å². The molecular weight excluding hydrogens is 1930 g/mol. The third-order valence-electron chi connectivity index (χ3n) is 10.5. The number of hydrogen-bond donors (Lipinski definition) is 4. The number of aromatic nitrogens is 4. The third-order valence-corrected chi connectivity index (χ3v) is 10.5. The van der Waals surface area contributed by atoms with Gasteiger partial charge in [-0.3, -0.25) is 19.2 Å². The van der Waals surface area contributed by atoms with Gasteiger partial charge in [0.2, 0.25) is 0 Å². The Bertz CT molecular complexity index is 3610. The monoisotopic (exact) mass is 2010 g/mol. The van der Waals surface area contributed by atoms with Gasteiger partial charge >= 0.3 is 0 Å². The Balaban J connectivity index is -0.00000106. The van der Waals surface area contributed by atoms with E-state index < -0.39 is 0 Å². The van der Waals surface area contributed by atoms with Crippen molar-refractivity contribution in [3.63, 3.8) is 0 Å². The molecule has 0 bridgehead atoms. The zero-order valence-corrected chi connectivity index (χ0v) is 64.9. The quantitative estimate of drug-likeness (QED) is 0.0424. The molecule has 0 spiro atoms. The number of carbonyl (C=O) groups excluding carboxylic acids is 4. The molecule has 0 amide bonds. The molecule has 4 radical (unpaired) electrons. The predicted octanol–water partition coefficient (Wildman–Crippen LogP) is 17.3. The van der Waals surface area contributed by atoms with Gasteiger partial charge in [-0.1, -0.05) is 89.0 Å². The van der Waals surface area contributed by atoms with Crippen LogP contribution in [0.1, 0.15) is 76.2 Å². The SMILES string of the molecule is CC(=O)C=C(C)O.CC(=O)C=C(C)O.CC(=O)C=C(C)O.CC(=O)C=C(C)O.CC(C)Oc1ccc[c-]c1-c1ccccn1.CCOc1ccc[c-]c1-c1ccccn1.COc1ccc[c-]c1-c1ccccn1.[Ir].[Ir].[Ir].[Ir].[c-]1cccc(Oc2ccccc2)c1-c1ccccn1. The molecule has 4 heterocycles. The van der Waals surface area contributed by atoms with Gasteiger partial charge in [-0.15, -0.1) is 97.1 Å². The fraction of sp³-hybridized carbons (Fsp3) is 0.184. The number of pyridine rings is 4. The Morgan fingerprint density at radius 1 is 0.396 bits per heavy atom. The van der Waals surface area contributed by atoms with Crippen LogP contribution in [0.4, 0.5) is 0 Å². The summed E-state index contributed by atoms with van der Waals surface area (Å²) in [4.78, 5) is 57.2. The van der Waals surface area contributed by atoms with Gasteiger partial charge in [0.25, 0.3) is 0 Å². The minimum atomic E-state index is -0.125. The van der Waals surface area contributed by atoms with Crippen LogP contribution in [0.15, 0.2) is 248 Å². The standard InChI is InChI=1S/C17H12NO.C14H14NO.C13H12NO.C12H10NO.4C5H8O2.4Ir/c1-2-8-14(9-3-1)19-17-12-5-4-10-15(17)16-11-6-7-13-18-16;1-11(2)16-14-9-4-3-7-12(14)13-8-5-6-10-15-13;1-2-15-13-9-4-3-7-11(13)12-8-5-6-10-14-12;1-14-12-8-3-2-6-10(12)11-7-4-5-9-13-11;4*1-4(6)3-5(2)7;;;;/h1-9,11-13H;3-6,8-11H,1-2H3;3-6,8-10H,2H2,1H3;2-5,7-9H,1H3;4*3,6H,1-2H3;;;;/q4*-1;;;;;;;;. The number of para-hydroxylation sites is 1. The summed E-state index contributed by atoms with van der Waals surface area (Å²) in [6.07, 6.45) is 11.9. The van der Waals surface area contributed by atoms with Gasteiger partial charge < -0.3 is 59.3 Å². The Morgan fingerprint density at radius 2 is 0.677 bits per heavy atom. The van der Waals surface area contributed by atoms with Crippen LogP contribution in [0.2, 0.25) is 0 Å². The van der Waals surface area contributed by atoms with E-state index in [1.54, 1.807) is 31.9 Å². The van der Waals surface area contributed by atoms with Crippen molar-refractivity contribution in [3.8, 4) is 73.8 Å². The first-order chi connectivity index (χ1) is 44.0. The van der Waals surface area contributed by atoms with E-state index in [1.807, 2.05) is 197 Å². The molecule has 20 heteroatoms. The van der Waals surface area contributed by atoms with Crippen molar-refractivity contribution in [3.05, 3.63) is 272 Å². The summed E-state index contributed by atoms with van der Waals surface area (Å²) in [6, 6.07) is 68.3. The zero-order chi connectivity index (χ0) is 68.1. The molecule has 0 aliphatic carbocycles. The summed E-state index contributed by atoms with van der Waals surface area (Å²) in [5, 5.41) is 33.5. The largest absolute Gasteiger partial charge is 0.540 e. The summed E-state index contributed by atoms with van der Waals surface area (Å²) in [5.41, 5.74) is 7.11. The van der Waals surface area contributed by atoms with E-state index in [4.69, 9.17) is 39.4 Å². The molecule has 9 aromatic rings. The van der Waals surface area contributed by atoms with Gasteiger partial charge in [0, 0.05) is 153 Å². The molecule has 0 saturated heterocycles. The number of benzene rings is 5. The molecule has 16 nitrogen and oxygen atoms in total. The van der Waals surface area contributed by atoms with Crippen molar-refractivity contribution in [1.82, 2.24) is 19.9 Å². The number of hydrogen-bond acceptors (Lipinski definition) is 16. The summed E-state index contributed by atoms with van der Waals surface area (Å²) in [6.45, 7) is 18.0. The molecule has 4 aromatic heterocycles. The Kier molecular flexibility index (Phi) is 52.0. The van der Waals surface area contributed by atoms with Crippen molar-refractivity contribution in [2.45, 2.75) is 82.3 Å². The predicted molar refractivity (Wildman–Crippen MR) is 362 cm³/mol. The number of allylic oxidation sites excluding steroid dienone is 8. The second-order valence-corrected chi connectivity index (χ2v) is 19.3. The molecule has 516 valence electrons. The maximum Gasteiger partial charge on any atom is 0.155 e. The van der Waals surface area contributed by atoms with E-state index in [0.717, 1.165) is 73.8 Å². The van der Waals surface area contributed by atoms with Crippen molar-refractivity contribution in [2.75, 3.05) is 13.7 Å². The van der Waals surface area contributed by atoms with Gasteiger partial charge in [-0.05, 0) is 135 Å². The van der Waals surface area contributed by atoms with Gasteiger partial charge in [0.05, 0.1) is 42.9 Å².